The Labute approximate surface area is 112 Å². The van der Waals surface area contributed by atoms with E-state index in [9.17, 15) is 4.39 Å². The monoisotopic (exact) mass is 257 g/mol. The van der Waals surface area contributed by atoms with Crippen LogP contribution >= 0.6 is 0 Å². The first-order valence-electron chi connectivity index (χ1n) is 6.38. The minimum atomic E-state index is -0.286. The Kier molecular flexibility index (Phi) is 3.17. The zero-order valence-corrected chi connectivity index (χ0v) is 10.9. The number of pyridine rings is 1. The fourth-order valence-electron chi connectivity index (χ4n) is 2.56. The van der Waals surface area contributed by atoms with Gasteiger partial charge in [-0.25, -0.2) is 9.37 Å². The van der Waals surface area contributed by atoms with Crippen molar-refractivity contribution in [1.29, 1.82) is 0 Å². The number of halogens is 1. The Balaban J connectivity index is 1.92. The third kappa shape index (κ3) is 2.31. The van der Waals surface area contributed by atoms with Crippen LogP contribution in [0.15, 0.2) is 36.5 Å². The quantitative estimate of drug-likeness (QED) is 0.915. The lowest BCUT2D eigenvalue weighted by Gasteiger charge is -2.20. The van der Waals surface area contributed by atoms with E-state index in [2.05, 4.69) is 39.5 Å². The smallest absolute Gasteiger partial charge is 0.141 e. The van der Waals surface area contributed by atoms with E-state index in [1.54, 1.807) is 6.07 Å². The molecule has 0 aliphatic carbocycles. The van der Waals surface area contributed by atoms with Gasteiger partial charge in [0.25, 0.3) is 0 Å². The summed E-state index contributed by atoms with van der Waals surface area (Å²) in [6.45, 7) is 2.30. The van der Waals surface area contributed by atoms with Gasteiger partial charge in [0.1, 0.15) is 11.6 Å². The summed E-state index contributed by atoms with van der Waals surface area (Å²) in [6.07, 6.45) is 1.29. The van der Waals surface area contributed by atoms with Crippen LogP contribution in [0.5, 0.6) is 0 Å². The second-order valence-electron chi connectivity index (χ2n) is 4.79. The minimum absolute atomic E-state index is 0.286. The van der Waals surface area contributed by atoms with E-state index < -0.39 is 0 Å². The van der Waals surface area contributed by atoms with E-state index in [0.717, 1.165) is 24.5 Å². The van der Waals surface area contributed by atoms with E-state index in [0.29, 0.717) is 6.54 Å². The van der Waals surface area contributed by atoms with Gasteiger partial charge in [0, 0.05) is 25.2 Å². The number of hydrogen-bond acceptors (Lipinski definition) is 3. The van der Waals surface area contributed by atoms with E-state index in [4.69, 9.17) is 0 Å². The fraction of sp³-hybridized carbons (Fsp3) is 0.267. The Hall–Kier alpha value is -1.94. The zero-order chi connectivity index (χ0) is 13.2. The maximum Gasteiger partial charge on any atom is 0.141 e. The summed E-state index contributed by atoms with van der Waals surface area (Å²) in [5.74, 6) is 0.581. The number of hydrogen-bond donors (Lipinski definition) is 1. The van der Waals surface area contributed by atoms with Crippen LogP contribution in [0.2, 0.25) is 0 Å². The van der Waals surface area contributed by atoms with Crippen molar-refractivity contribution in [2.45, 2.75) is 19.6 Å². The molecular formula is C15H16FN3. The predicted molar refractivity (Wildman–Crippen MR) is 73.3 cm³/mol. The van der Waals surface area contributed by atoms with Gasteiger partial charge in [0.2, 0.25) is 0 Å². The number of fused-ring (bicyclic) bond motifs is 1. The van der Waals surface area contributed by atoms with E-state index >= 15 is 0 Å². The third-order valence-electron chi connectivity index (χ3n) is 3.42. The summed E-state index contributed by atoms with van der Waals surface area (Å²) >= 11 is 0. The van der Waals surface area contributed by atoms with Crippen LogP contribution in [0.25, 0.3) is 0 Å². The average Bonchev–Trinajstić information content (AvgIpc) is 2.82. The molecule has 2 heterocycles. The van der Waals surface area contributed by atoms with Crippen molar-refractivity contribution >= 4 is 5.82 Å². The van der Waals surface area contributed by atoms with Crippen LogP contribution in [0.1, 0.15) is 16.7 Å². The predicted octanol–water partition coefficient (Wildman–Crippen LogP) is 2.46. The molecule has 1 N–H and O–H groups in total. The molecule has 0 fully saturated rings. The highest BCUT2D eigenvalue weighted by Gasteiger charge is 2.21. The molecule has 1 aliphatic rings. The van der Waals surface area contributed by atoms with Crippen LogP contribution in [-0.2, 0) is 19.6 Å². The second-order valence-corrected chi connectivity index (χ2v) is 4.79. The number of rotatable bonds is 3. The maximum absolute atomic E-state index is 13.3. The van der Waals surface area contributed by atoms with Crippen LogP contribution in [0.4, 0.5) is 10.2 Å². The molecular weight excluding hydrogens is 241 g/mol. The van der Waals surface area contributed by atoms with Gasteiger partial charge in [-0.2, -0.15) is 0 Å². The summed E-state index contributed by atoms with van der Waals surface area (Å²) < 4.78 is 13.3. The molecule has 2 aromatic rings. The van der Waals surface area contributed by atoms with Gasteiger partial charge in [0.05, 0.1) is 6.20 Å². The molecule has 0 atom stereocenters. The Morgan fingerprint density at radius 1 is 1.26 bits per heavy atom. The van der Waals surface area contributed by atoms with Gasteiger partial charge < -0.3 is 10.2 Å². The number of anilines is 1. The molecule has 1 aromatic heterocycles. The van der Waals surface area contributed by atoms with Crippen LogP contribution in [-0.4, -0.2) is 12.0 Å². The zero-order valence-electron chi connectivity index (χ0n) is 10.9. The van der Waals surface area contributed by atoms with Gasteiger partial charge in [-0.3, -0.25) is 0 Å². The lowest BCUT2D eigenvalue weighted by Crippen LogP contribution is -2.20. The summed E-state index contributed by atoms with van der Waals surface area (Å²) in [6, 6.07) is 9.93. The highest BCUT2D eigenvalue weighted by atomic mass is 19.1. The summed E-state index contributed by atoms with van der Waals surface area (Å²) in [5, 5.41) is 3.06. The van der Waals surface area contributed by atoms with E-state index in [-0.39, 0.29) is 5.82 Å². The van der Waals surface area contributed by atoms with Crippen molar-refractivity contribution in [2.75, 3.05) is 11.9 Å². The second kappa shape index (κ2) is 4.97. The highest BCUT2D eigenvalue weighted by Crippen LogP contribution is 2.29. The molecule has 0 radical (unpaired) electrons. The van der Waals surface area contributed by atoms with Gasteiger partial charge in [-0.05, 0) is 24.2 Å². The van der Waals surface area contributed by atoms with E-state index in [1.165, 1.54) is 17.3 Å². The van der Waals surface area contributed by atoms with Crippen LogP contribution in [0, 0.1) is 5.82 Å². The summed E-state index contributed by atoms with van der Waals surface area (Å²) in [7, 11) is 1.85. The van der Waals surface area contributed by atoms with Crippen molar-refractivity contribution in [2.24, 2.45) is 0 Å². The topological polar surface area (TPSA) is 28.2 Å². The van der Waals surface area contributed by atoms with Gasteiger partial charge >= 0.3 is 0 Å². The van der Waals surface area contributed by atoms with Crippen molar-refractivity contribution in [1.82, 2.24) is 10.3 Å². The molecule has 98 valence electrons. The molecule has 3 nitrogen and oxygen atoms in total. The SMILES string of the molecule is CNCc1cc(F)cnc1N1Cc2ccccc2C1. The average molecular weight is 257 g/mol. The van der Waals surface area contributed by atoms with Crippen molar-refractivity contribution in [3.63, 3.8) is 0 Å². The third-order valence-corrected chi connectivity index (χ3v) is 3.42. The molecule has 3 rings (SSSR count). The highest BCUT2D eigenvalue weighted by molar-refractivity contribution is 5.52. The van der Waals surface area contributed by atoms with Gasteiger partial charge in [-0.1, -0.05) is 24.3 Å². The largest absolute Gasteiger partial charge is 0.348 e. The molecule has 0 spiro atoms. The molecule has 0 unspecified atom stereocenters. The Morgan fingerprint density at radius 2 is 1.95 bits per heavy atom. The first kappa shape index (κ1) is 12.1. The lowest BCUT2D eigenvalue weighted by atomic mass is 10.1. The molecule has 0 saturated carbocycles. The van der Waals surface area contributed by atoms with Crippen molar-refractivity contribution < 1.29 is 4.39 Å². The molecule has 0 amide bonds. The maximum atomic E-state index is 13.3. The van der Waals surface area contributed by atoms with Crippen LogP contribution < -0.4 is 10.2 Å². The lowest BCUT2D eigenvalue weighted by molar-refractivity contribution is 0.615. The molecule has 0 bridgehead atoms. The first-order valence-corrected chi connectivity index (χ1v) is 6.38. The molecule has 4 heteroatoms. The van der Waals surface area contributed by atoms with Gasteiger partial charge in [0.15, 0.2) is 0 Å². The number of nitrogens with one attached hydrogen (secondary N) is 1. The van der Waals surface area contributed by atoms with Crippen molar-refractivity contribution in [3.8, 4) is 0 Å². The minimum Gasteiger partial charge on any atom is -0.348 e. The van der Waals surface area contributed by atoms with Gasteiger partial charge in [-0.15, -0.1) is 0 Å². The normalized spacial score (nSPS) is 13.7. The number of nitrogens with zero attached hydrogens (tertiary/aromatic N) is 2. The molecule has 1 aromatic carbocycles. The van der Waals surface area contributed by atoms with Crippen LogP contribution in [0.3, 0.4) is 0 Å². The number of aromatic nitrogens is 1. The standard InChI is InChI=1S/C15H16FN3/c1-17-7-13-6-14(16)8-18-15(13)19-9-11-4-2-3-5-12(11)10-19/h2-6,8,17H,7,9-10H2,1H3. The first-order chi connectivity index (χ1) is 9.28. The molecule has 1 aliphatic heterocycles. The fourth-order valence-corrected chi connectivity index (χ4v) is 2.56. The van der Waals surface area contributed by atoms with E-state index in [1.807, 2.05) is 7.05 Å². The molecule has 19 heavy (non-hydrogen) atoms. The number of benzene rings is 1. The molecule has 0 saturated heterocycles. The summed E-state index contributed by atoms with van der Waals surface area (Å²) in [4.78, 5) is 6.46. The Bertz CT molecular complexity index is 573. The Morgan fingerprint density at radius 3 is 2.58 bits per heavy atom. The summed E-state index contributed by atoms with van der Waals surface area (Å²) in [5.41, 5.74) is 3.54. The van der Waals surface area contributed by atoms with Crippen molar-refractivity contribution in [3.05, 3.63) is 59.0 Å².